The third kappa shape index (κ3) is 5.03. The van der Waals surface area contributed by atoms with Crippen LogP contribution in [0.5, 0.6) is 5.88 Å². The number of ether oxygens (including phenoxy) is 1. The van der Waals surface area contributed by atoms with Gasteiger partial charge in [-0.25, -0.2) is 9.50 Å². The zero-order chi connectivity index (χ0) is 24.7. The van der Waals surface area contributed by atoms with Crippen LogP contribution in [0.25, 0.3) is 5.65 Å². The number of hydrogen-bond acceptors (Lipinski definition) is 8. The fourth-order valence-corrected chi connectivity index (χ4v) is 4.46. The summed E-state index contributed by atoms with van der Waals surface area (Å²) < 4.78 is 86.9. The van der Waals surface area contributed by atoms with Crippen molar-refractivity contribution in [3.63, 3.8) is 0 Å². The first kappa shape index (κ1) is 24.0. The van der Waals surface area contributed by atoms with Gasteiger partial charge in [0, 0.05) is 31.4 Å². The number of anilines is 2. The first-order chi connectivity index (χ1) is 16.0. The van der Waals surface area contributed by atoms with Gasteiger partial charge in [0.1, 0.15) is 5.00 Å². The Morgan fingerprint density at radius 3 is 2.62 bits per heavy atom. The second kappa shape index (κ2) is 8.92. The second-order valence-corrected chi connectivity index (χ2v) is 8.51. The summed E-state index contributed by atoms with van der Waals surface area (Å²) in [5.41, 5.74) is 0.542. The molecule has 2 unspecified atom stereocenters. The lowest BCUT2D eigenvalue weighted by Gasteiger charge is -2.23. The van der Waals surface area contributed by atoms with Crippen LogP contribution in [0.1, 0.15) is 12.1 Å². The minimum Gasteiger partial charge on any atom is -0.452 e. The van der Waals surface area contributed by atoms with E-state index in [9.17, 15) is 26.3 Å². The lowest BCUT2D eigenvalue weighted by molar-refractivity contribution is -0.300. The van der Waals surface area contributed by atoms with Gasteiger partial charge in [0.15, 0.2) is 0 Å². The minimum atomic E-state index is -5.69. The molecule has 34 heavy (non-hydrogen) atoms. The number of aromatic nitrogens is 5. The van der Waals surface area contributed by atoms with Crippen molar-refractivity contribution in [1.82, 2.24) is 24.0 Å². The molecule has 1 aliphatic heterocycles. The summed E-state index contributed by atoms with van der Waals surface area (Å²) in [5, 5.41) is 8.18. The predicted molar refractivity (Wildman–Crippen MR) is 112 cm³/mol. The summed E-state index contributed by atoms with van der Waals surface area (Å²) in [6, 6.07) is 1.70. The van der Waals surface area contributed by atoms with Crippen molar-refractivity contribution < 1.29 is 31.1 Å². The van der Waals surface area contributed by atoms with Crippen LogP contribution in [0.4, 0.5) is 37.3 Å². The van der Waals surface area contributed by atoms with E-state index in [-0.39, 0.29) is 23.6 Å². The quantitative estimate of drug-likeness (QED) is 0.378. The molecule has 0 spiro atoms. The zero-order valence-corrected chi connectivity index (χ0v) is 18.5. The Morgan fingerprint density at radius 2 is 2.00 bits per heavy atom. The maximum absolute atomic E-state index is 12.9. The third-order valence-corrected chi connectivity index (χ3v) is 6.20. The van der Waals surface area contributed by atoms with Gasteiger partial charge in [-0.15, -0.1) is 11.7 Å². The van der Waals surface area contributed by atoms with Crippen LogP contribution in [-0.2, 0) is 0 Å². The number of rotatable bonds is 7. The van der Waals surface area contributed by atoms with Crippen LogP contribution >= 0.6 is 11.5 Å². The molecule has 1 N–H and O–H groups in total. The van der Waals surface area contributed by atoms with E-state index in [0.29, 0.717) is 6.54 Å². The molecule has 1 fully saturated rings. The van der Waals surface area contributed by atoms with E-state index in [4.69, 9.17) is 0 Å². The molecule has 2 atom stereocenters. The largest absolute Gasteiger partial charge is 0.452 e. The Kier molecular flexibility index (Phi) is 6.31. The highest BCUT2D eigenvalue weighted by atomic mass is 32.1. The van der Waals surface area contributed by atoms with E-state index in [0.717, 1.165) is 34.4 Å². The Morgan fingerprint density at radius 1 is 1.26 bits per heavy atom. The summed E-state index contributed by atoms with van der Waals surface area (Å²) in [6.07, 6.45) is -10.7. The van der Waals surface area contributed by atoms with Crippen molar-refractivity contribution >= 4 is 28.1 Å². The number of aryl methyl sites for hydroxylation is 1. The topological polar surface area (TPSA) is 80.5 Å². The van der Waals surface area contributed by atoms with Crippen molar-refractivity contribution in [2.45, 2.75) is 37.8 Å². The van der Waals surface area contributed by atoms with Gasteiger partial charge in [-0.3, -0.25) is 0 Å². The van der Waals surface area contributed by atoms with Gasteiger partial charge >= 0.3 is 12.4 Å². The SMILES string of the molecule is C=CC(Nc1nc2c(OC(C(F)(F)F)C(F)(F)F)nccn2n1)C1CCN(c2cc(C)ns2)C1. The van der Waals surface area contributed by atoms with E-state index in [1.165, 1.54) is 17.7 Å². The van der Waals surface area contributed by atoms with Crippen LogP contribution in [0, 0.1) is 12.8 Å². The normalized spacial score (nSPS) is 18.0. The molecule has 184 valence electrons. The zero-order valence-electron chi connectivity index (χ0n) is 17.6. The van der Waals surface area contributed by atoms with Crippen LogP contribution in [0.3, 0.4) is 0 Å². The maximum Gasteiger partial charge on any atom is 0.434 e. The van der Waals surface area contributed by atoms with Gasteiger partial charge in [-0.2, -0.15) is 35.7 Å². The number of nitrogens with zero attached hydrogens (tertiary/aromatic N) is 6. The van der Waals surface area contributed by atoms with Crippen LogP contribution in [0.2, 0.25) is 0 Å². The maximum atomic E-state index is 12.9. The standard InChI is InChI=1S/C19H19F6N7OS/c1-3-12(11-4-6-31(9-11)13-8-10(2)30-34-13)27-17-28-14-15(26-5-7-32(14)29-17)33-16(18(20,21)22)19(23,24)25/h3,5,7-8,11-12,16H,1,4,6,9H2,2H3,(H,27,29). The highest BCUT2D eigenvalue weighted by Gasteiger charge is 2.59. The predicted octanol–water partition coefficient (Wildman–Crippen LogP) is 4.25. The monoisotopic (exact) mass is 507 g/mol. The summed E-state index contributed by atoms with van der Waals surface area (Å²) in [7, 11) is 0. The van der Waals surface area contributed by atoms with E-state index < -0.39 is 24.3 Å². The van der Waals surface area contributed by atoms with Gasteiger partial charge in [-0.05, 0) is 30.9 Å². The number of nitrogens with one attached hydrogen (secondary N) is 1. The minimum absolute atomic E-state index is 0.00889. The molecule has 0 aliphatic carbocycles. The smallest absolute Gasteiger partial charge is 0.434 e. The first-order valence-electron chi connectivity index (χ1n) is 10.0. The van der Waals surface area contributed by atoms with E-state index in [1.54, 1.807) is 6.08 Å². The average Bonchev–Trinajstić information content (AvgIpc) is 3.47. The molecule has 3 aromatic heterocycles. The van der Waals surface area contributed by atoms with Crippen molar-refractivity contribution in [3.05, 3.63) is 36.8 Å². The fraction of sp³-hybridized carbons (Fsp3) is 0.474. The van der Waals surface area contributed by atoms with Crippen molar-refractivity contribution in [2.24, 2.45) is 5.92 Å². The molecule has 4 heterocycles. The molecule has 8 nitrogen and oxygen atoms in total. The molecule has 0 amide bonds. The second-order valence-electron chi connectivity index (χ2n) is 7.72. The lowest BCUT2D eigenvalue weighted by Crippen LogP contribution is -2.46. The van der Waals surface area contributed by atoms with Crippen molar-refractivity contribution in [2.75, 3.05) is 23.3 Å². The molecule has 1 saturated heterocycles. The molecule has 1 aliphatic rings. The van der Waals surface area contributed by atoms with Gasteiger partial charge in [0.25, 0.3) is 12.0 Å². The number of halogens is 6. The molecule has 0 bridgehead atoms. The Hall–Kier alpha value is -3.10. The molecular weight excluding hydrogens is 488 g/mol. The molecule has 0 saturated carbocycles. The van der Waals surface area contributed by atoms with Crippen LogP contribution in [-0.4, -0.2) is 61.5 Å². The molecule has 4 rings (SSSR count). The molecular formula is C19H19F6N7OS. The van der Waals surface area contributed by atoms with Gasteiger partial charge in [0.05, 0.1) is 11.7 Å². The molecule has 15 heteroatoms. The van der Waals surface area contributed by atoms with E-state index >= 15 is 0 Å². The Balaban J connectivity index is 1.52. The van der Waals surface area contributed by atoms with Crippen molar-refractivity contribution in [3.8, 4) is 5.88 Å². The summed E-state index contributed by atoms with van der Waals surface area (Å²) in [5.74, 6) is -0.837. The molecule has 3 aromatic rings. The van der Waals surface area contributed by atoms with Crippen LogP contribution < -0.4 is 15.0 Å². The number of hydrogen-bond donors (Lipinski definition) is 1. The highest BCUT2D eigenvalue weighted by Crippen LogP contribution is 2.37. The van der Waals surface area contributed by atoms with Gasteiger partial charge < -0.3 is 15.0 Å². The highest BCUT2D eigenvalue weighted by molar-refractivity contribution is 7.10. The Bertz CT molecular complexity index is 1150. The van der Waals surface area contributed by atoms with E-state index in [1.807, 2.05) is 13.0 Å². The molecule has 0 aromatic carbocycles. The Labute approximate surface area is 193 Å². The summed E-state index contributed by atoms with van der Waals surface area (Å²) >= 11 is 1.41. The van der Waals surface area contributed by atoms with Crippen LogP contribution in [0.15, 0.2) is 31.1 Å². The lowest BCUT2D eigenvalue weighted by atomic mass is 9.99. The van der Waals surface area contributed by atoms with Crippen molar-refractivity contribution in [1.29, 1.82) is 0 Å². The first-order valence-corrected chi connectivity index (χ1v) is 10.8. The number of fused-ring (bicyclic) bond motifs is 1. The average molecular weight is 507 g/mol. The molecule has 0 radical (unpaired) electrons. The summed E-state index contributed by atoms with van der Waals surface area (Å²) in [6.45, 7) is 7.24. The summed E-state index contributed by atoms with van der Waals surface area (Å²) in [4.78, 5) is 9.71. The number of alkyl halides is 6. The van der Waals surface area contributed by atoms with Gasteiger partial charge in [0.2, 0.25) is 11.6 Å². The van der Waals surface area contributed by atoms with Gasteiger partial charge in [-0.1, -0.05) is 6.08 Å². The fourth-order valence-electron chi connectivity index (χ4n) is 3.67. The third-order valence-electron chi connectivity index (χ3n) is 5.26. The van der Waals surface area contributed by atoms with E-state index in [2.05, 4.69) is 41.0 Å².